The van der Waals surface area contributed by atoms with Crippen LogP contribution in [0.25, 0.3) is 0 Å². The second kappa shape index (κ2) is 7.95. The molecule has 1 amide bonds. The summed E-state index contributed by atoms with van der Waals surface area (Å²) in [7, 11) is 0. The molecular formula is C17H14ClF3N6O2. The Kier molecular flexibility index (Phi) is 5.59. The number of nitrogens with zero attached hydrogens (tertiary/aromatic N) is 3. The van der Waals surface area contributed by atoms with Crippen molar-refractivity contribution in [1.82, 2.24) is 20.7 Å². The molecule has 0 saturated heterocycles. The molecule has 12 heteroatoms. The summed E-state index contributed by atoms with van der Waals surface area (Å²) in [5.41, 5.74) is -0.341. The molecular weight excluding hydrogens is 413 g/mol. The number of nitrogens with one attached hydrogen (secondary N) is 3. The Morgan fingerprint density at radius 3 is 2.62 bits per heavy atom. The molecule has 2 aromatic heterocycles. The maximum Gasteiger partial charge on any atom is 0.433 e. The van der Waals surface area contributed by atoms with Gasteiger partial charge in [0.25, 0.3) is 5.91 Å². The van der Waals surface area contributed by atoms with Gasteiger partial charge in [0.1, 0.15) is 5.69 Å². The Labute approximate surface area is 167 Å². The molecule has 0 aliphatic carbocycles. The number of alkyl halides is 3. The summed E-state index contributed by atoms with van der Waals surface area (Å²) in [6.45, 7) is 2.84. The van der Waals surface area contributed by atoms with Gasteiger partial charge in [-0.05, 0) is 32.0 Å². The number of amides is 1. The smallest absolute Gasteiger partial charge is 0.351 e. The van der Waals surface area contributed by atoms with E-state index in [2.05, 4.69) is 25.9 Å². The van der Waals surface area contributed by atoms with E-state index in [1.165, 1.54) is 13.0 Å². The topological polar surface area (TPSA) is 108 Å². The van der Waals surface area contributed by atoms with Crippen LogP contribution in [0, 0.1) is 13.8 Å². The van der Waals surface area contributed by atoms with E-state index in [0.717, 1.165) is 0 Å². The van der Waals surface area contributed by atoms with Crippen LogP contribution in [0.3, 0.4) is 0 Å². The van der Waals surface area contributed by atoms with Gasteiger partial charge in [0, 0.05) is 22.3 Å². The summed E-state index contributed by atoms with van der Waals surface area (Å²) >= 11 is 5.94. The number of H-pyrrole nitrogens is 1. The van der Waals surface area contributed by atoms with E-state index in [-0.39, 0.29) is 23.1 Å². The van der Waals surface area contributed by atoms with E-state index in [0.29, 0.717) is 16.4 Å². The average Bonchev–Trinajstić information content (AvgIpc) is 3.21. The molecule has 3 rings (SSSR count). The van der Waals surface area contributed by atoms with Gasteiger partial charge in [0.05, 0.1) is 5.69 Å². The van der Waals surface area contributed by atoms with Gasteiger partial charge < -0.3 is 9.84 Å². The second-order valence-electron chi connectivity index (χ2n) is 5.93. The predicted octanol–water partition coefficient (Wildman–Crippen LogP) is 4.22. The fraction of sp³-hybridized carbons (Fsp3) is 0.176. The van der Waals surface area contributed by atoms with Gasteiger partial charge in [-0.3, -0.25) is 15.2 Å². The molecule has 0 fully saturated rings. The number of benzene rings is 1. The van der Waals surface area contributed by atoms with Crippen molar-refractivity contribution in [3.8, 4) is 0 Å². The minimum absolute atomic E-state index is 0.0992. The fourth-order valence-corrected chi connectivity index (χ4v) is 2.50. The largest absolute Gasteiger partial charge is 0.433 e. The molecule has 0 bridgehead atoms. The van der Waals surface area contributed by atoms with Crippen LogP contribution in [0.2, 0.25) is 5.02 Å². The molecule has 152 valence electrons. The Balaban J connectivity index is 1.94. The van der Waals surface area contributed by atoms with E-state index < -0.39 is 17.8 Å². The number of guanidine groups is 1. The Morgan fingerprint density at radius 2 is 2.03 bits per heavy atom. The van der Waals surface area contributed by atoms with Crippen molar-refractivity contribution in [1.29, 1.82) is 0 Å². The van der Waals surface area contributed by atoms with E-state index in [1.54, 1.807) is 31.2 Å². The van der Waals surface area contributed by atoms with Crippen LogP contribution < -0.4 is 10.6 Å². The number of aromatic amines is 1. The van der Waals surface area contributed by atoms with Crippen molar-refractivity contribution >= 4 is 35.0 Å². The molecule has 1 aromatic carbocycles. The third-order valence-corrected chi connectivity index (χ3v) is 3.89. The number of rotatable bonds is 3. The van der Waals surface area contributed by atoms with Crippen LogP contribution in [0.5, 0.6) is 0 Å². The summed E-state index contributed by atoms with van der Waals surface area (Å²) in [6.07, 6.45) is -4.62. The highest BCUT2D eigenvalue weighted by Crippen LogP contribution is 2.33. The van der Waals surface area contributed by atoms with Crippen molar-refractivity contribution in [3.63, 3.8) is 0 Å². The summed E-state index contributed by atoms with van der Waals surface area (Å²) in [5, 5.41) is 14.7. The molecule has 0 saturated carbocycles. The van der Waals surface area contributed by atoms with Crippen LogP contribution in [-0.4, -0.2) is 27.2 Å². The van der Waals surface area contributed by atoms with E-state index in [9.17, 15) is 18.0 Å². The lowest BCUT2D eigenvalue weighted by molar-refractivity contribution is -0.141. The standard InChI is InChI=1S/C17H14ClF3N6O2/c1-8-6-12(29-27-8)15(28)24-16(22-11-5-3-4-10(18)7-11)23-14-9(2)13(25-26-14)17(19,20)21/h3-7H,1-2H3,(H3,22,23,24,25,26,28). The van der Waals surface area contributed by atoms with Crippen molar-refractivity contribution in [2.24, 2.45) is 4.99 Å². The Morgan fingerprint density at radius 1 is 1.28 bits per heavy atom. The highest BCUT2D eigenvalue weighted by atomic mass is 35.5. The Hall–Kier alpha value is -3.34. The zero-order valence-electron chi connectivity index (χ0n) is 15.1. The second-order valence-corrected chi connectivity index (χ2v) is 6.36. The third kappa shape index (κ3) is 4.93. The first-order valence-corrected chi connectivity index (χ1v) is 8.49. The Bertz CT molecular complexity index is 1070. The maximum absolute atomic E-state index is 13.0. The van der Waals surface area contributed by atoms with Gasteiger partial charge in [-0.25, -0.2) is 0 Å². The molecule has 0 radical (unpaired) electrons. The van der Waals surface area contributed by atoms with Gasteiger partial charge in [-0.2, -0.15) is 23.3 Å². The maximum atomic E-state index is 13.0. The number of aromatic nitrogens is 3. The monoisotopic (exact) mass is 426 g/mol. The van der Waals surface area contributed by atoms with Crippen LogP contribution >= 0.6 is 11.6 Å². The molecule has 2 heterocycles. The molecule has 3 aromatic rings. The number of hydrogen-bond acceptors (Lipinski definition) is 5. The van der Waals surface area contributed by atoms with E-state index in [1.807, 2.05) is 5.10 Å². The number of carbonyl (C=O) groups excluding carboxylic acids is 1. The van der Waals surface area contributed by atoms with E-state index >= 15 is 0 Å². The number of hydrogen-bond donors (Lipinski definition) is 3. The molecule has 0 aliphatic rings. The predicted molar refractivity (Wildman–Crippen MR) is 99.2 cm³/mol. The highest BCUT2D eigenvalue weighted by molar-refractivity contribution is 6.31. The molecule has 0 atom stereocenters. The normalized spacial score (nSPS) is 12.1. The number of aliphatic imine (C=N–C) groups is 1. The third-order valence-electron chi connectivity index (χ3n) is 3.66. The first-order chi connectivity index (χ1) is 13.6. The number of carbonyl (C=O) groups is 1. The van der Waals surface area contributed by atoms with Gasteiger partial charge in [-0.1, -0.05) is 22.8 Å². The lowest BCUT2D eigenvalue weighted by atomic mass is 10.2. The van der Waals surface area contributed by atoms with Gasteiger partial charge in [-0.15, -0.1) is 0 Å². The summed E-state index contributed by atoms with van der Waals surface area (Å²) in [6, 6.07) is 7.84. The average molecular weight is 427 g/mol. The fourth-order valence-electron chi connectivity index (χ4n) is 2.31. The minimum Gasteiger partial charge on any atom is -0.351 e. The van der Waals surface area contributed by atoms with Gasteiger partial charge >= 0.3 is 6.18 Å². The van der Waals surface area contributed by atoms with Crippen LogP contribution in [-0.2, 0) is 6.18 Å². The van der Waals surface area contributed by atoms with Crippen LogP contribution in [0.1, 0.15) is 27.5 Å². The van der Waals surface area contributed by atoms with Gasteiger partial charge in [0.2, 0.25) is 11.7 Å². The molecule has 0 unspecified atom stereocenters. The van der Waals surface area contributed by atoms with Crippen molar-refractivity contribution in [2.75, 3.05) is 5.32 Å². The first kappa shape index (κ1) is 20.4. The molecule has 0 spiro atoms. The molecule has 3 N–H and O–H groups in total. The number of halogens is 4. The summed E-state index contributed by atoms with van der Waals surface area (Å²) in [5.74, 6) is -1.24. The quantitative estimate of drug-likeness (QED) is 0.429. The van der Waals surface area contributed by atoms with Crippen LogP contribution in [0.15, 0.2) is 39.8 Å². The zero-order valence-corrected chi connectivity index (χ0v) is 15.8. The number of anilines is 1. The summed E-state index contributed by atoms with van der Waals surface area (Å²) < 4.78 is 43.8. The molecule has 8 nitrogen and oxygen atoms in total. The van der Waals surface area contributed by atoms with Crippen molar-refractivity contribution < 1.29 is 22.5 Å². The lowest BCUT2D eigenvalue weighted by Gasteiger charge is -2.10. The molecule has 0 aliphatic heterocycles. The van der Waals surface area contributed by atoms with Crippen molar-refractivity contribution in [2.45, 2.75) is 20.0 Å². The van der Waals surface area contributed by atoms with Crippen molar-refractivity contribution in [3.05, 3.63) is 58.1 Å². The summed E-state index contributed by atoms with van der Waals surface area (Å²) in [4.78, 5) is 16.4. The minimum atomic E-state index is -4.62. The van der Waals surface area contributed by atoms with Gasteiger partial charge in [0.15, 0.2) is 5.82 Å². The highest BCUT2D eigenvalue weighted by Gasteiger charge is 2.36. The number of aryl methyl sites for hydroxylation is 1. The SMILES string of the molecule is Cc1cc(C(=O)NC(=Nc2n[nH]c(C(F)(F)F)c2C)Nc2cccc(Cl)c2)on1. The zero-order chi connectivity index (χ0) is 21.2. The molecule has 29 heavy (non-hydrogen) atoms. The van der Waals surface area contributed by atoms with Crippen LogP contribution in [0.4, 0.5) is 24.7 Å². The van der Waals surface area contributed by atoms with E-state index in [4.69, 9.17) is 16.1 Å². The first-order valence-electron chi connectivity index (χ1n) is 8.11. The lowest BCUT2D eigenvalue weighted by Crippen LogP contribution is -2.35.